The first-order chi connectivity index (χ1) is 6.58. The Labute approximate surface area is 86.2 Å². The third kappa shape index (κ3) is 4.76. The van der Waals surface area contributed by atoms with Gasteiger partial charge in [0.15, 0.2) is 0 Å². The lowest BCUT2D eigenvalue weighted by molar-refractivity contribution is 0.0219. The number of carbonyl (C=O) groups is 1. The molecule has 0 aliphatic rings. The Morgan fingerprint density at radius 1 is 1.64 bits per heavy atom. The molecule has 0 saturated carbocycles. The molecule has 80 valence electrons. The highest BCUT2D eigenvalue weighted by Gasteiger charge is 2.26. The van der Waals surface area contributed by atoms with Crippen LogP contribution >= 0.6 is 0 Å². The first-order valence-corrected chi connectivity index (χ1v) is 4.92. The average molecular weight is 197 g/mol. The number of rotatable bonds is 5. The van der Waals surface area contributed by atoms with Gasteiger partial charge in [-0.05, 0) is 19.8 Å². The van der Waals surface area contributed by atoms with Gasteiger partial charge in [0.1, 0.15) is 5.60 Å². The van der Waals surface area contributed by atoms with Crippen molar-refractivity contribution in [3.05, 3.63) is 0 Å². The van der Waals surface area contributed by atoms with Crippen LogP contribution in [0.4, 0.5) is 4.79 Å². The maximum Gasteiger partial charge on any atom is 0.407 e. The number of hydrogen-bond donors (Lipinski definition) is 1. The summed E-state index contributed by atoms with van der Waals surface area (Å²) < 4.78 is 5.24. The fourth-order valence-electron chi connectivity index (χ4n) is 1.22. The quantitative estimate of drug-likeness (QED) is 0.687. The molecule has 0 spiro atoms. The minimum absolute atomic E-state index is 0.418. The monoisotopic (exact) mass is 197 g/mol. The fraction of sp³-hybridized carbons (Fsp3) is 0.727. The smallest absolute Gasteiger partial charge is 0.407 e. The second-order valence-electron chi connectivity index (χ2n) is 3.57. The summed E-state index contributed by atoms with van der Waals surface area (Å²) >= 11 is 0. The van der Waals surface area contributed by atoms with E-state index in [4.69, 9.17) is 11.2 Å². The van der Waals surface area contributed by atoms with E-state index in [0.29, 0.717) is 6.42 Å². The number of alkyl carbamates (subject to hydrolysis) is 1. The van der Waals surface area contributed by atoms with Gasteiger partial charge in [0, 0.05) is 13.5 Å². The van der Waals surface area contributed by atoms with Gasteiger partial charge in [-0.3, -0.25) is 0 Å². The summed E-state index contributed by atoms with van der Waals surface area (Å²) in [5.74, 6) is 2.54. The van der Waals surface area contributed by atoms with Crippen LogP contribution in [-0.4, -0.2) is 18.7 Å². The molecule has 0 aromatic heterocycles. The van der Waals surface area contributed by atoms with E-state index in [-0.39, 0.29) is 0 Å². The Kier molecular flexibility index (Phi) is 5.78. The van der Waals surface area contributed by atoms with Crippen LogP contribution in [0.15, 0.2) is 0 Å². The summed E-state index contributed by atoms with van der Waals surface area (Å²) in [6.45, 7) is 3.97. The highest BCUT2D eigenvalue weighted by molar-refractivity contribution is 5.67. The van der Waals surface area contributed by atoms with E-state index in [0.717, 1.165) is 19.3 Å². The van der Waals surface area contributed by atoms with Gasteiger partial charge in [0.25, 0.3) is 0 Å². The lowest BCUT2D eigenvalue weighted by Crippen LogP contribution is -2.35. The number of hydrogen-bond acceptors (Lipinski definition) is 2. The van der Waals surface area contributed by atoms with Crippen molar-refractivity contribution >= 4 is 6.09 Å². The molecule has 0 heterocycles. The molecule has 3 heteroatoms. The minimum Gasteiger partial charge on any atom is -0.442 e. The summed E-state index contributed by atoms with van der Waals surface area (Å²) in [4.78, 5) is 11.1. The largest absolute Gasteiger partial charge is 0.442 e. The number of carbonyl (C=O) groups excluding carboxylic acids is 1. The van der Waals surface area contributed by atoms with Gasteiger partial charge >= 0.3 is 6.09 Å². The lowest BCUT2D eigenvalue weighted by Gasteiger charge is -2.27. The highest BCUT2D eigenvalue weighted by atomic mass is 16.6. The van der Waals surface area contributed by atoms with Crippen LogP contribution in [0.5, 0.6) is 0 Å². The van der Waals surface area contributed by atoms with E-state index >= 15 is 0 Å². The van der Waals surface area contributed by atoms with Gasteiger partial charge in [-0.1, -0.05) is 13.3 Å². The Morgan fingerprint density at radius 2 is 2.29 bits per heavy atom. The number of ether oxygens (including phenoxy) is 1. The Balaban J connectivity index is 4.23. The molecule has 0 bridgehead atoms. The molecule has 0 aromatic rings. The number of amides is 1. The normalized spacial score (nSPS) is 13.9. The average Bonchev–Trinajstić information content (AvgIpc) is 2.15. The lowest BCUT2D eigenvalue weighted by atomic mass is 9.95. The van der Waals surface area contributed by atoms with Crippen molar-refractivity contribution in [1.82, 2.24) is 5.32 Å². The molecule has 0 fully saturated rings. The van der Waals surface area contributed by atoms with E-state index in [1.54, 1.807) is 7.05 Å². The van der Waals surface area contributed by atoms with Crippen molar-refractivity contribution in [2.45, 2.75) is 45.1 Å². The van der Waals surface area contributed by atoms with Crippen molar-refractivity contribution in [3.63, 3.8) is 0 Å². The van der Waals surface area contributed by atoms with E-state index in [1.807, 2.05) is 6.92 Å². The van der Waals surface area contributed by atoms with Crippen molar-refractivity contribution in [2.75, 3.05) is 7.05 Å². The van der Waals surface area contributed by atoms with Gasteiger partial charge in [0.05, 0.1) is 0 Å². The molecular weight excluding hydrogens is 178 g/mol. The van der Waals surface area contributed by atoms with E-state index < -0.39 is 11.7 Å². The molecule has 14 heavy (non-hydrogen) atoms. The predicted octanol–water partition coefficient (Wildman–Crippen LogP) is 2.31. The summed E-state index contributed by atoms with van der Waals surface area (Å²) in [5.41, 5.74) is -0.523. The van der Waals surface area contributed by atoms with E-state index in [1.165, 1.54) is 0 Å². The molecule has 0 saturated heterocycles. The molecule has 0 rings (SSSR count). The second-order valence-corrected chi connectivity index (χ2v) is 3.57. The fourth-order valence-corrected chi connectivity index (χ4v) is 1.22. The Bertz CT molecular complexity index is 220. The van der Waals surface area contributed by atoms with Crippen molar-refractivity contribution in [3.8, 4) is 12.3 Å². The first kappa shape index (κ1) is 12.8. The van der Waals surface area contributed by atoms with Crippen LogP contribution in [0.25, 0.3) is 0 Å². The topological polar surface area (TPSA) is 38.3 Å². The summed E-state index contributed by atoms with van der Waals surface area (Å²) in [6, 6.07) is 0. The maximum absolute atomic E-state index is 11.1. The first-order valence-electron chi connectivity index (χ1n) is 4.92. The zero-order valence-corrected chi connectivity index (χ0v) is 9.22. The van der Waals surface area contributed by atoms with E-state index in [2.05, 4.69) is 18.2 Å². The third-order valence-electron chi connectivity index (χ3n) is 2.08. The van der Waals surface area contributed by atoms with E-state index in [9.17, 15) is 4.79 Å². The summed E-state index contributed by atoms with van der Waals surface area (Å²) in [7, 11) is 1.54. The molecule has 1 N–H and O–H groups in total. The van der Waals surface area contributed by atoms with Gasteiger partial charge in [0.2, 0.25) is 0 Å². The van der Waals surface area contributed by atoms with Crippen molar-refractivity contribution < 1.29 is 9.53 Å². The van der Waals surface area contributed by atoms with Gasteiger partial charge < -0.3 is 10.1 Å². The third-order valence-corrected chi connectivity index (χ3v) is 2.08. The van der Waals surface area contributed by atoms with Crippen LogP contribution in [-0.2, 0) is 4.74 Å². The molecule has 0 aromatic carbocycles. The highest BCUT2D eigenvalue weighted by Crippen LogP contribution is 2.22. The zero-order valence-electron chi connectivity index (χ0n) is 9.22. The van der Waals surface area contributed by atoms with Crippen molar-refractivity contribution in [1.29, 1.82) is 0 Å². The van der Waals surface area contributed by atoms with Crippen LogP contribution in [0, 0.1) is 12.3 Å². The minimum atomic E-state index is -0.523. The Hall–Kier alpha value is -1.17. The molecule has 0 radical (unpaired) electrons. The standard InChI is InChI=1S/C11H19NO2/c1-5-7-9-11(3,8-6-2)14-10(13)12-4/h2H,5,7-9H2,1,3-4H3,(H,12,13). The molecular formula is C11H19NO2. The second kappa shape index (κ2) is 6.31. The molecule has 1 atom stereocenters. The molecule has 3 nitrogen and oxygen atoms in total. The van der Waals surface area contributed by atoms with Crippen LogP contribution in [0.2, 0.25) is 0 Å². The Morgan fingerprint density at radius 3 is 2.71 bits per heavy atom. The number of nitrogens with one attached hydrogen (secondary N) is 1. The van der Waals surface area contributed by atoms with Crippen LogP contribution in [0.3, 0.4) is 0 Å². The SMILES string of the molecule is C#CCC(C)(CCCC)OC(=O)NC. The van der Waals surface area contributed by atoms with Gasteiger partial charge in [-0.15, -0.1) is 12.3 Å². The number of terminal acetylenes is 1. The zero-order chi connectivity index (χ0) is 11.0. The summed E-state index contributed by atoms with van der Waals surface area (Å²) in [5, 5.41) is 2.43. The van der Waals surface area contributed by atoms with Gasteiger partial charge in [-0.2, -0.15) is 0 Å². The molecule has 1 amide bonds. The van der Waals surface area contributed by atoms with Crippen LogP contribution in [0.1, 0.15) is 39.5 Å². The van der Waals surface area contributed by atoms with Crippen LogP contribution < -0.4 is 5.32 Å². The molecule has 0 aliphatic heterocycles. The number of unbranched alkanes of at least 4 members (excludes halogenated alkanes) is 1. The summed E-state index contributed by atoms with van der Waals surface area (Å²) in [6.07, 6.45) is 8.17. The maximum atomic E-state index is 11.1. The molecule has 1 unspecified atom stereocenters. The predicted molar refractivity (Wildman–Crippen MR) is 56.9 cm³/mol. The van der Waals surface area contributed by atoms with Gasteiger partial charge in [-0.25, -0.2) is 4.79 Å². The van der Waals surface area contributed by atoms with Crippen molar-refractivity contribution in [2.24, 2.45) is 0 Å². The molecule has 0 aliphatic carbocycles.